The molecule has 17 heavy (non-hydrogen) atoms. The third kappa shape index (κ3) is 2.82. The molecule has 0 amide bonds. The maximum atomic E-state index is 10.9. The summed E-state index contributed by atoms with van der Waals surface area (Å²) in [5.74, 6) is -0.720. The summed E-state index contributed by atoms with van der Waals surface area (Å²) >= 11 is 1.69. The predicted octanol–water partition coefficient (Wildman–Crippen LogP) is 2.21. The van der Waals surface area contributed by atoms with Gasteiger partial charge in [0, 0.05) is 18.0 Å². The standard InChI is InChI=1S/C13H17NO2S/c1-9-3-4-11(5-10(9)2)17-13(6-12(15)16)7-14-8-13/h3-5,14H,6-8H2,1-2H3,(H,15,16). The third-order valence-electron chi connectivity index (χ3n) is 3.18. The minimum absolute atomic E-state index is 0.159. The molecular weight excluding hydrogens is 234 g/mol. The molecule has 0 spiro atoms. The van der Waals surface area contributed by atoms with Crippen LogP contribution in [-0.4, -0.2) is 28.9 Å². The summed E-state index contributed by atoms with van der Waals surface area (Å²) < 4.78 is -0.159. The van der Waals surface area contributed by atoms with Crippen LogP contribution in [0.15, 0.2) is 23.1 Å². The molecule has 0 saturated carbocycles. The Morgan fingerprint density at radius 3 is 2.59 bits per heavy atom. The van der Waals surface area contributed by atoms with Gasteiger partial charge < -0.3 is 10.4 Å². The fourth-order valence-corrected chi connectivity index (χ4v) is 3.36. The lowest BCUT2D eigenvalue weighted by molar-refractivity contribution is -0.138. The number of carboxylic acid groups (broad SMARTS) is 1. The highest BCUT2D eigenvalue weighted by atomic mass is 32.2. The quantitative estimate of drug-likeness (QED) is 0.861. The first-order chi connectivity index (χ1) is 8.01. The summed E-state index contributed by atoms with van der Waals surface area (Å²) in [5.41, 5.74) is 2.53. The molecule has 3 nitrogen and oxygen atoms in total. The second-order valence-electron chi connectivity index (χ2n) is 4.71. The van der Waals surface area contributed by atoms with Crippen LogP contribution >= 0.6 is 11.8 Å². The molecule has 1 heterocycles. The molecule has 2 N–H and O–H groups in total. The van der Waals surface area contributed by atoms with E-state index in [9.17, 15) is 4.79 Å². The number of carbonyl (C=O) groups is 1. The van der Waals surface area contributed by atoms with E-state index < -0.39 is 5.97 Å². The molecule has 1 aliphatic heterocycles. The number of thioether (sulfide) groups is 1. The lowest BCUT2D eigenvalue weighted by Crippen LogP contribution is -2.57. The van der Waals surface area contributed by atoms with E-state index in [1.165, 1.54) is 11.1 Å². The minimum Gasteiger partial charge on any atom is -0.481 e. The fourth-order valence-electron chi connectivity index (χ4n) is 1.94. The van der Waals surface area contributed by atoms with Crippen LogP contribution in [0.25, 0.3) is 0 Å². The monoisotopic (exact) mass is 251 g/mol. The molecule has 0 atom stereocenters. The maximum Gasteiger partial charge on any atom is 0.304 e. The summed E-state index contributed by atoms with van der Waals surface area (Å²) in [5, 5.41) is 12.1. The summed E-state index contributed by atoms with van der Waals surface area (Å²) in [6.07, 6.45) is 0.220. The van der Waals surface area contributed by atoms with Crippen LogP contribution in [0.4, 0.5) is 0 Å². The van der Waals surface area contributed by atoms with Crippen molar-refractivity contribution in [2.75, 3.05) is 13.1 Å². The first-order valence-electron chi connectivity index (χ1n) is 5.70. The molecule has 1 aromatic carbocycles. The van der Waals surface area contributed by atoms with Gasteiger partial charge in [0.2, 0.25) is 0 Å². The molecule has 0 radical (unpaired) electrons. The summed E-state index contributed by atoms with van der Waals surface area (Å²) in [4.78, 5) is 12.0. The Morgan fingerprint density at radius 1 is 1.41 bits per heavy atom. The summed E-state index contributed by atoms with van der Waals surface area (Å²) in [6, 6.07) is 6.31. The summed E-state index contributed by atoms with van der Waals surface area (Å²) in [7, 11) is 0. The zero-order valence-electron chi connectivity index (χ0n) is 10.1. The van der Waals surface area contributed by atoms with Crippen molar-refractivity contribution in [1.29, 1.82) is 0 Å². The van der Waals surface area contributed by atoms with Crippen molar-refractivity contribution >= 4 is 17.7 Å². The van der Waals surface area contributed by atoms with E-state index in [1.54, 1.807) is 11.8 Å². The first-order valence-corrected chi connectivity index (χ1v) is 6.51. The molecule has 1 fully saturated rings. The Kier molecular flexibility index (Phi) is 3.45. The zero-order valence-corrected chi connectivity index (χ0v) is 10.9. The largest absolute Gasteiger partial charge is 0.481 e. The minimum atomic E-state index is -0.720. The molecule has 4 heteroatoms. The number of aryl methyl sites for hydroxylation is 2. The first kappa shape index (κ1) is 12.5. The second-order valence-corrected chi connectivity index (χ2v) is 6.25. The van der Waals surface area contributed by atoms with E-state index >= 15 is 0 Å². The van der Waals surface area contributed by atoms with Crippen LogP contribution in [0.1, 0.15) is 17.5 Å². The molecular formula is C13H17NO2S. The highest BCUT2D eigenvalue weighted by molar-refractivity contribution is 8.00. The Hall–Kier alpha value is -1.00. The molecule has 2 rings (SSSR count). The van der Waals surface area contributed by atoms with Crippen molar-refractivity contribution in [2.24, 2.45) is 0 Å². The highest BCUT2D eigenvalue weighted by Crippen LogP contribution is 2.39. The number of hydrogen-bond acceptors (Lipinski definition) is 3. The van der Waals surface area contributed by atoms with Gasteiger partial charge >= 0.3 is 5.97 Å². The Balaban J connectivity index is 2.13. The van der Waals surface area contributed by atoms with Crippen molar-refractivity contribution in [3.05, 3.63) is 29.3 Å². The molecule has 92 valence electrons. The lowest BCUT2D eigenvalue weighted by atomic mass is 9.98. The SMILES string of the molecule is Cc1ccc(SC2(CC(=O)O)CNC2)cc1C. The van der Waals surface area contributed by atoms with Gasteiger partial charge in [-0.3, -0.25) is 4.79 Å². The molecule has 0 unspecified atom stereocenters. The Morgan fingerprint density at radius 2 is 2.12 bits per heavy atom. The average Bonchev–Trinajstić information content (AvgIpc) is 2.19. The number of benzene rings is 1. The van der Waals surface area contributed by atoms with E-state index in [0.717, 1.165) is 18.0 Å². The van der Waals surface area contributed by atoms with Crippen LogP contribution in [-0.2, 0) is 4.79 Å². The average molecular weight is 251 g/mol. The van der Waals surface area contributed by atoms with Crippen molar-refractivity contribution in [2.45, 2.75) is 29.9 Å². The Labute approximate surface area is 106 Å². The predicted molar refractivity (Wildman–Crippen MR) is 69.6 cm³/mol. The van der Waals surface area contributed by atoms with Gasteiger partial charge in [-0.15, -0.1) is 11.8 Å². The third-order valence-corrected chi connectivity index (χ3v) is 4.54. The van der Waals surface area contributed by atoms with Gasteiger partial charge in [0.05, 0.1) is 11.2 Å². The van der Waals surface area contributed by atoms with Gasteiger partial charge in [-0.1, -0.05) is 6.07 Å². The zero-order chi connectivity index (χ0) is 12.5. The van der Waals surface area contributed by atoms with Crippen LogP contribution in [0.3, 0.4) is 0 Å². The number of carboxylic acids is 1. The van der Waals surface area contributed by atoms with E-state index in [1.807, 2.05) is 0 Å². The van der Waals surface area contributed by atoms with E-state index in [2.05, 4.69) is 37.4 Å². The van der Waals surface area contributed by atoms with Crippen molar-refractivity contribution in [3.8, 4) is 0 Å². The molecule has 1 aliphatic rings. The van der Waals surface area contributed by atoms with Crippen LogP contribution < -0.4 is 5.32 Å². The fraction of sp³-hybridized carbons (Fsp3) is 0.462. The van der Waals surface area contributed by atoms with Crippen LogP contribution in [0.2, 0.25) is 0 Å². The van der Waals surface area contributed by atoms with Crippen molar-refractivity contribution in [1.82, 2.24) is 5.32 Å². The molecule has 0 bridgehead atoms. The normalized spacial score (nSPS) is 17.5. The van der Waals surface area contributed by atoms with Crippen LogP contribution in [0, 0.1) is 13.8 Å². The Bertz CT molecular complexity index is 441. The molecule has 0 aromatic heterocycles. The molecule has 1 saturated heterocycles. The number of aliphatic carboxylic acids is 1. The van der Waals surface area contributed by atoms with Crippen LogP contribution in [0.5, 0.6) is 0 Å². The van der Waals surface area contributed by atoms with Crippen molar-refractivity contribution in [3.63, 3.8) is 0 Å². The van der Waals surface area contributed by atoms with Gasteiger partial charge in [-0.05, 0) is 37.1 Å². The number of hydrogen-bond donors (Lipinski definition) is 2. The van der Waals surface area contributed by atoms with E-state index in [0.29, 0.717) is 0 Å². The smallest absolute Gasteiger partial charge is 0.304 e. The number of rotatable bonds is 4. The van der Waals surface area contributed by atoms with Gasteiger partial charge in [0.25, 0.3) is 0 Å². The lowest BCUT2D eigenvalue weighted by Gasteiger charge is -2.41. The molecule has 0 aliphatic carbocycles. The van der Waals surface area contributed by atoms with Gasteiger partial charge in [0.15, 0.2) is 0 Å². The van der Waals surface area contributed by atoms with Gasteiger partial charge in [-0.25, -0.2) is 0 Å². The highest BCUT2D eigenvalue weighted by Gasteiger charge is 2.40. The van der Waals surface area contributed by atoms with E-state index in [-0.39, 0.29) is 11.2 Å². The summed E-state index contributed by atoms with van der Waals surface area (Å²) in [6.45, 7) is 5.72. The topological polar surface area (TPSA) is 49.3 Å². The van der Waals surface area contributed by atoms with E-state index in [4.69, 9.17) is 5.11 Å². The van der Waals surface area contributed by atoms with Gasteiger partial charge in [0.1, 0.15) is 0 Å². The number of nitrogens with one attached hydrogen (secondary N) is 1. The molecule has 1 aromatic rings. The van der Waals surface area contributed by atoms with Gasteiger partial charge in [-0.2, -0.15) is 0 Å². The maximum absolute atomic E-state index is 10.9. The second kappa shape index (κ2) is 4.70. The van der Waals surface area contributed by atoms with Crippen molar-refractivity contribution < 1.29 is 9.90 Å².